The maximum Gasteiger partial charge on any atom is 0.278 e. The molecule has 3 N–H and O–H groups in total. The molecule has 0 radical (unpaired) electrons. The number of aromatic nitrogens is 1. The molecule has 0 aliphatic carbocycles. The molecule has 0 aliphatic rings. The second kappa shape index (κ2) is 5.59. The molecule has 7 nitrogen and oxygen atoms in total. The molecule has 7 heteroatoms. The predicted octanol–water partition coefficient (Wildman–Crippen LogP) is 0.908. The normalized spacial score (nSPS) is 12.3. The second-order valence-corrected chi connectivity index (χ2v) is 4.01. The van der Waals surface area contributed by atoms with Crippen molar-refractivity contribution in [1.82, 2.24) is 4.98 Å². The summed E-state index contributed by atoms with van der Waals surface area (Å²) in [5.74, 6) is 0. The van der Waals surface area contributed by atoms with Gasteiger partial charge in [0.2, 0.25) is 0 Å². The number of nitro groups is 1. The van der Waals surface area contributed by atoms with Crippen LogP contribution in [0.1, 0.15) is 0 Å². The van der Waals surface area contributed by atoms with Crippen molar-refractivity contribution in [2.45, 2.75) is 6.10 Å². The van der Waals surface area contributed by atoms with Gasteiger partial charge in [-0.1, -0.05) is 0 Å². The van der Waals surface area contributed by atoms with E-state index in [4.69, 9.17) is 5.11 Å². The summed E-state index contributed by atoms with van der Waals surface area (Å²) in [4.78, 5) is 14.6. The zero-order valence-corrected chi connectivity index (χ0v) is 9.98. The lowest BCUT2D eigenvalue weighted by atomic mass is 10.1. The van der Waals surface area contributed by atoms with Crippen molar-refractivity contribution in [2.75, 3.05) is 18.5 Å². The zero-order chi connectivity index (χ0) is 13.8. The first-order chi connectivity index (χ1) is 9.13. The molecule has 0 spiro atoms. The SMILES string of the molecule is O=[N+]([O-])c1ccc(NCC(O)CO)c2ncccc12. The van der Waals surface area contributed by atoms with Crippen LogP contribution in [0.2, 0.25) is 0 Å². The zero-order valence-electron chi connectivity index (χ0n) is 9.98. The summed E-state index contributed by atoms with van der Waals surface area (Å²) in [6, 6.07) is 6.17. The molecular formula is C12H13N3O4. The molecule has 0 bridgehead atoms. The third-order valence-electron chi connectivity index (χ3n) is 2.68. The Morgan fingerprint density at radius 3 is 2.89 bits per heavy atom. The van der Waals surface area contributed by atoms with E-state index in [0.717, 1.165) is 0 Å². The van der Waals surface area contributed by atoms with Gasteiger partial charge < -0.3 is 15.5 Å². The van der Waals surface area contributed by atoms with E-state index in [9.17, 15) is 15.2 Å². The molecular weight excluding hydrogens is 250 g/mol. The first kappa shape index (κ1) is 13.2. The number of fused-ring (bicyclic) bond motifs is 1. The van der Waals surface area contributed by atoms with Gasteiger partial charge in [-0.25, -0.2) is 0 Å². The molecule has 2 aromatic rings. The lowest BCUT2D eigenvalue weighted by molar-refractivity contribution is -0.383. The number of benzene rings is 1. The largest absolute Gasteiger partial charge is 0.394 e. The summed E-state index contributed by atoms with van der Waals surface area (Å²) in [6.07, 6.45) is 0.647. The molecule has 1 aromatic heterocycles. The van der Waals surface area contributed by atoms with Crippen molar-refractivity contribution >= 4 is 22.3 Å². The van der Waals surface area contributed by atoms with E-state index in [1.165, 1.54) is 12.1 Å². The van der Waals surface area contributed by atoms with Crippen LogP contribution in [0.15, 0.2) is 30.5 Å². The summed E-state index contributed by atoms with van der Waals surface area (Å²) >= 11 is 0. The van der Waals surface area contributed by atoms with Gasteiger partial charge in [0.25, 0.3) is 5.69 Å². The molecule has 0 amide bonds. The van der Waals surface area contributed by atoms with Gasteiger partial charge in [0.1, 0.15) is 5.52 Å². The van der Waals surface area contributed by atoms with Crippen LogP contribution < -0.4 is 5.32 Å². The second-order valence-electron chi connectivity index (χ2n) is 4.01. The van der Waals surface area contributed by atoms with E-state index in [1.807, 2.05) is 0 Å². The number of anilines is 1. The van der Waals surface area contributed by atoms with Crippen molar-refractivity contribution in [3.63, 3.8) is 0 Å². The van der Waals surface area contributed by atoms with Crippen LogP contribution in [0.4, 0.5) is 11.4 Å². The highest BCUT2D eigenvalue weighted by molar-refractivity contribution is 5.96. The predicted molar refractivity (Wildman–Crippen MR) is 70.0 cm³/mol. The lowest BCUT2D eigenvalue weighted by Crippen LogP contribution is -2.23. The van der Waals surface area contributed by atoms with E-state index < -0.39 is 11.0 Å². The Balaban J connectivity index is 2.41. The van der Waals surface area contributed by atoms with Crippen molar-refractivity contribution in [2.24, 2.45) is 0 Å². The van der Waals surface area contributed by atoms with Crippen LogP contribution >= 0.6 is 0 Å². The molecule has 2 rings (SSSR count). The first-order valence-corrected chi connectivity index (χ1v) is 5.68. The van der Waals surface area contributed by atoms with Crippen molar-refractivity contribution in [3.05, 3.63) is 40.6 Å². The van der Waals surface area contributed by atoms with Gasteiger partial charge >= 0.3 is 0 Å². The van der Waals surface area contributed by atoms with E-state index in [-0.39, 0.29) is 18.8 Å². The van der Waals surface area contributed by atoms with Crippen LogP contribution in [0.5, 0.6) is 0 Å². The third-order valence-corrected chi connectivity index (χ3v) is 2.68. The number of pyridine rings is 1. The fraction of sp³-hybridized carbons (Fsp3) is 0.250. The summed E-state index contributed by atoms with van der Waals surface area (Å²) in [7, 11) is 0. The first-order valence-electron chi connectivity index (χ1n) is 5.68. The summed E-state index contributed by atoms with van der Waals surface area (Å²) in [6.45, 7) is -0.217. The number of non-ortho nitro benzene ring substituents is 1. The number of aliphatic hydroxyl groups excluding tert-OH is 2. The number of nitrogens with zero attached hydrogens (tertiary/aromatic N) is 2. The smallest absolute Gasteiger partial charge is 0.278 e. The highest BCUT2D eigenvalue weighted by Gasteiger charge is 2.15. The number of aliphatic hydroxyl groups is 2. The molecule has 1 heterocycles. The van der Waals surface area contributed by atoms with E-state index in [0.29, 0.717) is 16.6 Å². The van der Waals surface area contributed by atoms with E-state index in [1.54, 1.807) is 18.3 Å². The standard InChI is InChI=1S/C12H13N3O4/c16-7-8(17)6-14-10-3-4-11(15(18)19)9-2-1-5-13-12(9)10/h1-5,8,14,16-17H,6-7H2. The molecule has 100 valence electrons. The Bertz CT molecular complexity index is 603. The maximum absolute atomic E-state index is 10.9. The quantitative estimate of drug-likeness (QED) is 0.546. The van der Waals surface area contributed by atoms with Crippen molar-refractivity contribution < 1.29 is 15.1 Å². The van der Waals surface area contributed by atoms with Gasteiger partial charge in [0, 0.05) is 18.8 Å². The Labute approximate surface area is 108 Å². The average Bonchev–Trinajstić information content (AvgIpc) is 2.43. The number of rotatable bonds is 5. The summed E-state index contributed by atoms with van der Waals surface area (Å²) in [5, 5.41) is 32.3. The molecule has 1 atom stereocenters. The molecule has 0 saturated heterocycles. The van der Waals surface area contributed by atoms with Gasteiger partial charge in [-0.3, -0.25) is 15.1 Å². The molecule has 0 fully saturated rings. The topological polar surface area (TPSA) is 109 Å². The minimum Gasteiger partial charge on any atom is -0.394 e. The van der Waals surface area contributed by atoms with Crippen molar-refractivity contribution in [3.8, 4) is 0 Å². The maximum atomic E-state index is 10.9. The van der Waals surface area contributed by atoms with E-state index in [2.05, 4.69) is 10.3 Å². The monoisotopic (exact) mass is 263 g/mol. The highest BCUT2D eigenvalue weighted by Crippen LogP contribution is 2.29. The highest BCUT2D eigenvalue weighted by atomic mass is 16.6. The average molecular weight is 263 g/mol. The Kier molecular flexibility index (Phi) is 3.88. The fourth-order valence-corrected chi connectivity index (χ4v) is 1.75. The van der Waals surface area contributed by atoms with Gasteiger partial charge in [0.15, 0.2) is 0 Å². The number of hydrogen-bond acceptors (Lipinski definition) is 6. The van der Waals surface area contributed by atoms with Crippen LogP contribution in [0, 0.1) is 10.1 Å². The number of nitro benzene ring substituents is 1. The number of hydrogen-bond donors (Lipinski definition) is 3. The molecule has 19 heavy (non-hydrogen) atoms. The molecule has 1 unspecified atom stereocenters. The molecule has 0 aliphatic heterocycles. The van der Waals surface area contributed by atoms with Gasteiger partial charge in [-0.2, -0.15) is 0 Å². The minimum absolute atomic E-state index is 0.0173. The van der Waals surface area contributed by atoms with Crippen molar-refractivity contribution in [1.29, 1.82) is 0 Å². The molecule has 0 saturated carbocycles. The minimum atomic E-state index is -0.894. The Morgan fingerprint density at radius 2 is 2.21 bits per heavy atom. The van der Waals surface area contributed by atoms with Crippen LogP contribution in [0.25, 0.3) is 10.9 Å². The number of nitrogens with one attached hydrogen (secondary N) is 1. The Hall–Kier alpha value is -2.25. The lowest BCUT2D eigenvalue weighted by Gasteiger charge is -2.11. The van der Waals surface area contributed by atoms with Crippen LogP contribution in [-0.4, -0.2) is 39.4 Å². The molecule has 1 aromatic carbocycles. The fourth-order valence-electron chi connectivity index (χ4n) is 1.75. The Morgan fingerprint density at radius 1 is 1.42 bits per heavy atom. The third kappa shape index (κ3) is 2.78. The summed E-state index contributed by atoms with van der Waals surface area (Å²) in [5.41, 5.74) is 1.02. The van der Waals surface area contributed by atoms with E-state index >= 15 is 0 Å². The van der Waals surface area contributed by atoms with Gasteiger partial charge in [0.05, 0.1) is 28.7 Å². The van der Waals surface area contributed by atoms with Crippen LogP contribution in [-0.2, 0) is 0 Å². The summed E-state index contributed by atoms with van der Waals surface area (Å²) < 4.78 is 0. The van der Waals surface area contributed by atoms with Crippen LogP contribution in [0.3, 0.4) is 0 Å². The van der Waals surface area contributed by atoms with Gasteiger partial charge in [-0.05, 0) is 18.2 Å². The van der Waals surface area contributed by atoms with Gasteiger partial charge in [-0.15, -0.1) is 0 Å².